The molecular weight excluding hydrogens is 271 g/mol. The Bertz CT molecular complexity index is 307. The van der Waals surface area contributed by atoms with Crippen molar-refractivity contribution in [2.75, 3.05) is 0 Å². The molecule has 0 aliphatic carbocycles. The Hall–Kier alpha value is -0.410. The summed E-state index contributed by atoms with van der Waals surface area (Å²) in [4.78, 5) is 0. The van der Waals surface area contributed by atoms with Crippen molar-refractivity contribution < 1.29 is 9.50 Å². The second kappa shape index (κ2) is 7.02. The fourth-order valence-electron chi connectivity index (χ4n) is 1.73. The molecule has 0 heterocycles. The SMILES string of the molecule is CCCCCC(O)Cc1cc(F)cc(Br)c1. The molecule has 3 heteroatoms. The Morgan fingerprint density at radius 2 is 2.06 bits per heavy atom. The molecule has 0 amide bonds. The van der Waals surface area contributed by atoms with Crippen molar-refractivity contribution in [1.82, 2.24) is 0 Å². The lowest BCUT2D eigenvalue weighted by Gasteiger charge is -2.10. The normalized spacial score (nSPS) is 12.8. The highest BCUT2D eigenvalue weighted by Gasteiger charge is 2.07. The number of unbranched alkanes of at least 4 members (excludes halogenated alkanes) is 2. The van der Waals surface area contributed by atoms with E-state index in [2.05, 4.69) is 22.9 Å². The van der Waals surface area contributed by atoms with Crippen LogP contribution < -0.4 is 0 Å². The highest BCUT2D eigenvalue weighted by molar-refractivity contribution is 9.10. The Kier molecular flexibility index (Phi) is 5.99. The van der Waals surface area contributed by atoms with Crippen LogP contribution in [0.5, 0.6) is 0 Å². The van der Waals surface area contributed by atoms with Crippen molar-refractivity contribution in [2.45, 2.75) is 45.1 Å². The van der Waals surface area contributed by atoms with Gasteiger partial charge in [0.1, 0.15) is 5.82 Å². The summed E-state index contributed by atoms with van der Waals surface area (Å²) in [5, 5.41) is 9.77. The fourth-order valence-corrected chi connectivity index (χ4v) is 2.25. The molecule has 1 nitrogen and oxygen atoms in total. The van der Waals surface area contributed by atoms with Crippen LogP contribution in [0.1, 0.15) is 38.2 Å². The van der Waals surface area contributed by atoms with Crippen molar-refractivity contribution in [3.05, 3.63) is 34.1 Å². The van der Waals surface area contributed by atoms with Crippen LogP contribution in [0, 0.1) is 5.82 Å². The summed E-state index contributed by atoms with van der Waals surface area (Å²) in [6.07, 6.45) is 4.29. The zero-order chi connectivity index (χ0) is 12.0. The lowest BCUT2D eigenvalue weighted by atomic mass is 10.0. The van der Waals surface area contributed by atoms with E-state index >= 15 is 0 Å². The third-order valence-electron chi connectivity index (χ3n) is 2.53. The molecule has 0 saturated carbocycles. The maximum atomic E-state index is 13.1. The molecule has 0 fully saturated rings. The van der Waals surface area contributed by atoms with Gasteiger partial charge in [0.2, 0.25) is 0 Å². The minimum atomic E-state index is -0.361. The number of aliphatic hydroxyl groups is 1. The summed E-state index contributed by atoms with van der Waals surface area (Å²) in [7, 11) is 0. The largest absolute Gasteiger partial charge is 0.393 e. The highest BCUT2D eigenvalue weighted by Crippen LogP contribution is 2.17. The molecule has 1 atom stereocenters. The molecule has 0 bridgehead atoms. The van der Waals surface area contributed by atoms with Crippen LogP contribution in [0.25, 0.3) is 0 Å². The molecule has 0 radical (unpaired) electrons. The molecule has 0 aliphatic heterocycles. The first-order valence-corrected chi connectivity index (χ1v) is 6.54. The number of aliphatic hydroxyl groups excluding tert-OH is 1. The lowest BCUT2D eigenvalue weighted by molar-refractivity contribution is 0.161. The third-order valence-corrected chi connectivity index (χ3v) is 2.99. The van der Waals surface area contributed by atoms with E-state index in [4.69, 9.17) is 0 Å². The molecule has 1 aromatic rings. The van der Waals surface area contributed by atoms with Crippen LogP contribution in [0.3, 0.4) is 0 Å². The van der Waals surface area contributed by atoms with E-state index in [-0.39, 0.29) is 11.9 Å². The number of halogens is 2. The molecule has 1 rings (SSSR count). The minimum Gasteiger partial charge on any atom is -0.393 e. The van der Waals surface area contributed by atoms with Crippen LogP contribution >= 0.6 is 15.9 Å². The maximum absolute atomic E-state index is 13.1. The molecule has 90 valence electrons. The van der Waals surface area contributed by atoms with Gasteiger partial charge in [-0.1, -0.05) is 42.1 Å². The zero-order valence-electron chi connectivity index (χ0n) is 9.55. The van der Waals surface area contributed by atoms with E-state index in [1.807, 2.05) is 6.07 Å². The second-order valence-electron chi connectivity index (χ2n) is 4.13. The van der Waals surface area contributed by atoms with Crippen LogP contribution in [0.15, 0.2) is 22.7 Å². The predicted molar refractivity (Wildman–Crippen MR) is 68.0 cm³/mol. The number of benzene rings is 1. The van der Waals surface area contributed by atoms with Crippen LogP contribution in [0.4, 0.5) is 4.39 Å². The first-order valence-electron chi connectivity index (χ1n) is 5.75. The van der Waals surface area contributed by atoms with Crippen molar-refractivity contribution in [3.8, 4) is 0 Å². The zero-order valence-corrected chi connectivity index (χ0v) is 11.1. The lowest BCUT2D eigenvalue weighted by Crippen LogP contribution is -2.10. The Labute approximate surface area is 105 Å². The molecule has 1 N–H and O–H groups in total. The highest BCUT2D eigenvalue weighted by atomic mass is 79.9. The monoisotopic (exact) mass is 288 g/mol. The van der Waals surface area contributed by atoms with Gasteiger partial charge >= 0.3 is 0 Å². The molecule has 0 aliphatic rings. The van der Waals surface area contributed by atoms with E-state index in [0.717, 1.165) is 35.7 Å². The van der Waals surface area contributed by atoms with Crippen LogP contribution in [-0.2, 0) is 6.42 Å². The van der Waals surface area contributed by atoms with Crippen molar-refractivity contribution in [2.24, 2.45) is 0 Å². The van der Waals surface area contributed by atoms with Gasteiger partial charge in [-0.3, -0.25) is 0 Å². The Morgan fingerprint density at radius 1 is 1.31 bits per heavy atom. The van der Waals surface area contributed by atoms with Gasteiger partial charge in [-0.25, -0.2) is 4.39 Å². The van der Waals surface area contributed by atoms with Gasteiger partial charge in [0.05, 0.1) is 6.10 Å². The number of hydrogen-bond donors (Lipinski definition) is 1. The average molecular weight is 289 g/mol. The first-order chi connectivity index (χ1) is 7.61. The van der Waals surface area contributed by atoms with Gasteiger partial charge in [-0.05, 0) is 36.6 Å². The minimum absolute atomic E-state index is 0.259. The summed E-state index contributed by atoms with van der Waals surface area (Å²) in [6.45, 7) is 2.13. The summed E-state index contributed by atoms with van der Waals surface area (Å²) in [5.41, 5.74) is 0.843. The van der Waals surface area contributed by atoms with Gasteiger partial charge in [-0.2, -0.15) is 0 Å². The van der Waals surface area contributed by atoms with E-state index in [1.165, 1.54) is 12.1 Å². The van der Waals surface area contributed by atoms with Crippen LogP contribution in [0.2, 0.25) is 0 Å². The van der Waals surface area contributed by atoms with E-state index in [9.17, 15) is 9.50 Å². The molecule has 0 saturated heterocycles. The van der Waals surface area contributed by atoms with Crippen molar-refractivity contribution in [1.29, 1.82) is 0 Å². The molecule has 0 aromatic heterocycles. The quantitative estimate of drug-likeness (QED) is 0.783. The van der Waals surface area contributed by atoms with E-state index < -0.39 is 0 Å². The van der Waals surface area contributed by atoms with Gasteiger partial charge in [0.15, 0.2) is 0 Å². The van der Waals surface area contributed by atoms with Gasteiger partial charge in [0.25, 0.3) is 0 Å². The van der Waals surface area contributed by atoms with Crippen molar-refractivity contribution >= 4 is 15.9 Å². The second-order valence-corrected chi connectivity index (χ2v) is 5.05. The van der Waals surface area contributed by atoms with Gasteiger partial charge < -0.3 is 5.11 Å². The average Bonchev–Trinajstić information content (AvgIpc) is 2.16. The number of rotatable bonds is 6. The summed E-state index contributed by atoms with van der Waals surface area (Å²) < 4.78 is 13.8. The molecule has 1 aromatic carbocycles. The van der Waals surface area contributed by atoms with E-state index in [1.54, 1.807) is 0 Å². The van der Waals surface area contributed by atoms with E-state index in [0.29, 0.717) is 6.42 Å². The standard InChI is InChI=1S/C13H18BrFO/c1-2-3-4-5-13(16)8-10-6-11(14)9-12(15)7-10/h6-7,9,13,16H,2-5,8H2,1H3. The summed E-state index contributed by atoms with van der Waals surface area (Å²) in [6, 6.07) is 4.76. The Balaban J connectivity index is 2.45. The summed E-state index contributed by atoms with van der Waals surface area (Å²) in [5.74, 6) is -0.259. The molecule has 1 unspecified atom stereocenters. The Morgan fingerprint density at radius 3 is 2.69 bits per heavy atom. The predicted octanol–water partition coefficient (Wildman–Crippen LogP) is 4.07. The molecular formula is C13H18BrFO. The molecule has 16 heavy (non-hydrogen) atoms. The fraction of sp³-hybridized carbons (Fsp3) is 0.538. The smallest absolute Gasteiger partial charge is 0.124 e. The first kappa shape index (κ1) is 13.7. The number of hydrogen-bond acceptors (Lipinski definition) is 1. The third kappa shape index (κ3) is 5.08. The van der Waals surface area contributed by atoms with Crippen molar-refractivity contribution in [3.63, 3.8) is 0 Å². The van der Waals surface area contributed by atoms with Crippen LogP contribution in [-0.4, -0.2) is 11.2 Å². The maximum Gasteiger partial charge on any atom is 0.124 e. The van der Waals surface area contributed by atoms with Gasteiger partial charge in [0, 0.05) is 4.47 Å². The topological polar surface area (TPSA) is 20.2 Å². The summed E-state index contributed by atoms with van der Waals surface area (Å²) >= 11 is 3.25. The molecule has 0 spiro atoms. The van der Waals surface area contributed by atoms with Gasteiger partial charge in [-0.15, -0.1) is 0 Å².